The number of nitrogens with zero attached hydrogens (tertiary/aromatic N) is 2. The first-order chi connectivity index (χ1) is 10.1. The fourth-order valence-electron chi connectivity index (χ4n) is 1.83. The number of hydrogen-bond acceptors (Lipinski definition) is 7. The van der Waals surface area contributed by atoms with E-state index >= 15 is 0 Å². The second-order valence-electron chi connectivity index (χ2n) is 4.19. The fourth-order valence-corrected chi connectivity index (χ4v) is 1.83. The van der Waals surface area contributed by atoms with Crippen molar-refractivity contribution in [3.63, 3.8) is 0 Å². The van der Waals surface area contributed by atoms with Crippen LogP contribution in [0.25, 0.3) is 0 Å². The highest BCUT2D eigenvalue weighted by atomic mass is 16.5. The van der Waals surface area contributed by atoms with E-state index < -0.39 is 0 Å². The van der Waals surface area contributed by atoms with Gasteiger partial charge in [0, 0.05) is 17.8 Å². The van der Waals surface area contributed by atoms with Gasteiger partial charge in [-0.05, 0) is 26.0 Å². The number of hydrogen-bond donors (Lipinski definition) is 3. The van der Waals surface area contributed by atoms with E-state index in [1.807, 2.05) is 32.0 Å². The third-order valence-corrected chi connectivity index (χ3v) is 2.58. The van der Waals surface area contributed by atoms with E-state index in [-0.39, 0.29) is 5.95 Å². The molecular weight excluding hydrogens is 270 g/mol. The summed E-state index contributed by atoms with van der Waals surface area (Å²) >= 11 is 0. The van der Waals surface area contributed by atoms with E-state index in [2.05, 4.69) is 15.3 Å². The number of aromatic nitrogens is 2. The molecule has 7 nitrogen and oxygen atoms in total. The Morgan fingerprint density at radius 3 is 2.38 bits per heavy atom. The van der Waals surface area contributed by atoms with Crippen molar-refractivity contribution in [2.45, 2.75) is 13.8 Å². The average molecular weight is 289 g/mol. The van der Waals surface area contributed by atoms with Crippen molar-refractivity contribution in [2.24, 2.45) is 0 Å². The largest absolute Gasteiger partial charge is 0.490 e. The highest BCUT2D eigenvalue weighted by Gasteiger charge is 2.07. The summed E-state index contributed by atoms with van der Waals surface area (Å²) in [6, 6.07) is 7.14. The Morgan fingerprint density at radius 1 is 1.00 bits per heavy atom. The molecule has 0 atom stereocenters. The molecule has 0 fully saturated rings. The number of anilines is 4. The topological polar surface area (TPSA) is 108 Å². The molecule has 0 radical (unpaired) electrons. The summed E-state index contributed by atoms with van der Waals surface area (Å²) < 4.78 is 11.1. The molecule has 0 saturated carbocycles. The highest BCUT2D eigenvalue weighted by molar-refractivity contribution is 5.63. The van der Waals surface area contributed by atoms with Crippen LogP contribution in [0.2, 0.25) is 0 Å². The third kappa shape index (κ3) is 3.88. The van der Waals surface area contributed by atoms with Crippen LogP contribution in [0.15, 0.2) is 24.3 Å². The lowest BCUT2D eigenvalue weighted by Gasteiger charge is -2.13. The Kier molecular flexibility index (Phi) is 4.65. The minimum absolute atomic E-state index is 0.119. The first-order valence-electron chi connectivity index (χ1n) is 6.69. The monoisotopic (exact) mass is 289 g/mol. The van der Waals surface area contributed by atoms with Gasteiger partial charge in [-0.3, -0.25) is 0 Å². The Morgan fingerprint density at radius 2 is 1.71 bits per heavy atom. The van der Waals surface area contributed by atoms with E-state index in [9.17, 15) is 0 Å². The summed E-state index contributed by atoms with van der Waals surface area (Å²) in [5, 5.41) is 3.11. The molecule has 0 unspecified atom stereocenters. The Labute approximate surface area is 123 Å². The molecule has 0 aliphatic rings. The summed E-state index contributed by atoms with van der Waals surface area (Å²) in [5.74, 6) is 2.31. The van der Waals surface area contributed by atoms with Crippen LogP contribution in [-0.4, -0.2) is 23.2 Å². The second kappa shape index (κ2) is 6.65. The van der Waals surface area contributed by atoms with Gasteiger partial charge in [0.25, 0.3) is 0 Å². The Bertz CT molecular complexity index is 598. The molecule has 7 heteroatoms. The zero-order chi connectivity index (χ0) is 15.2. The van der Waals surface area contributed by atoms with Gasteiger partial charge < -0.3 is 26.3 Å². The highest BCUT2D eigenvalue weighted by Crippen LogP contribution is 2.31. The van der Waals surface area contributed by atoms with Crippen molar-refractivity contribution >= 4 is 23.3 Å². The summed E-state index contributed by atoms with van der Waals surface area (Å²) in [7, 11) is 0. The van der Waals surface area contributed by atoms with Gasteiger partial charge in [-0.15, -0.1) is 0 Å². The molecule has 1 aromatic carbocycles. The predicted molar refractivity (Wildman–Crippen MR) is 82.9 cm³/mol. The number of benzene rings is 1. The molecule has 0 saturated heterocycles. The molecule has 2 aromatic rings. The van der Waals surface area contributed by atoms with Gasteiger partial charge in [0.15, 0.2) is 11.5 Å². The SMILES string of the molecule is CCOc1ccc(Nc2cc(N)nc(N)n2)cc1OCC. The number of rotatable bonds is 6. The van der Waals surface area contributed by atoms with Crippen LogP contribution in [0.1, 0.15) is 13.8 Å². The fraction of sp³-hybridized carbons (Fsp3) is 0.286. The second-order valence-corrected chi connectivity index (χ2v) is 4.19. The minimum Gasteiger partial charge on any atom is -0.490 e. The molecule has 0 bridgehead atoms. The first kappa shape index (κ1) is 14.7. The van der Waals surface area contributed by atoms with Gasteiger partial charge in [0.05, 0.1) is 13.2 Å². The standard InChI is InChI=1S/C14H19N5O2/c1-3-20-10-6-5-9(7-11(10)21-4-2)17-13-8-12(15)18-14(16)19-13/h5-8H,3-4H2,1-2H3,(H5,15,16,17,18,19). The van der Waals surface area contributed by atoms with E-state index in [1.165, 1.54) is 0 Å². The van der Waals surface area contributed by atoms with Crippen LogP contribution < -0.4 is 26.3 Å². The minimum atomic E-state index is 0.119. The molecule has 1 aromatic heterocycles. The van der Waals surface area contributed by atoms with Gasteiger partial charge in [0.1, 0.15) is 11.6 Å². The zero-order valence-electron chi connectivity index (χ0n) is 12.1. The molecule has 112 valence electrons. The van der Waals surface area contributed by atoms with Gasteiger partial charge in [-0.1, -0.05) is 0 Å². The van der Waals surface area contributed by atoms with Crippen molar-refractivity contribution in [2.75, 3.05) is 30.0 Å². The molecule has 0 aliphatic carbocycles. The van der Waals surface area contributed by atoms with Crippen molar-refractivity contribution in [3.05, 3.63) is 24.3 Å². The van der Waals surface area contributed by atoms with E-state index in [0.29, 0.717) is 36.3 Å². The van der Waals surface area contributed by atoms with Crippen molar-refractivity contribution in [1.29, 1.82) is 0 Å². The third-order valence-electron chi connectivity index (χ3n) is 2.58. The quantitative estimate of drug-likeness (QED) is 0.747. The van der Waals surface area contributed by atoms with Gasteiger partial charge in [-0.25, -0.2) is 0 Å². The van der Waals surface area contributed by atoms with E-state index in [1.54, 1.807) is 6.07 Å². The maximum atomic E-state index is 5.64. The summed E-state index contributed by atoms with van der Waals surface area (Å²) in [4.78, 5) is 7.89. The van der Waals surface area contributed by atoms with Gasteiger partial charge in [0.2, 0.25) is 5.95 Å². The smallest absolute Gasteiger partial charge is 0.223 e. The molecule has 0 amide bonds. The molecule has 21 heavy (non-hydrogen) atoms. The lowest BCUT2D eigenvalue weighted by Crippen LogP contribution is -2.03. The number of nitrogens with one attached hydrogen (secondary N) is 1. The maximum absolute atomic E-state index is 5.64. The molecule has 1 heterocycles. The van der Waals surface area contributed by atoms with Crippen LogP contribution in [0, 0.1) is 0 Å². The van der Waals surface area contributed by atoms with Crippen molar-refractivity contribution in [3.8, 4) is 11.5 Å². The Balaban J connectivity index is 2.25. The van der Waals surface area contributed by atoms with Crippen molar-refractivity contribution < 1.29 is 9.47 Å². The molecule has 5 N–H and O–H groups in total. The maximum Gasteiger partial charge on any atom is 0.223 e. The van der Waals surface area contributed by atoms with Gasteiger partial charge in [-0.2, -0.15) is 9.97 Å². The summed E-state index contributed by atoms with van der Waals surface area (Å²) in [6.07, 6.45) is 0. The number of nitrogen functional groups attached to an aromatic ring is 2. The lowest BCUT2D eigenvalue weighted by molar-refractivity contribution is 0.288. The van der Waals surface area contributed by atoms with Crippen molar-refractivity contribution in [1.82, 2.24) is 9.97 Å². The van der Waals surface area contributed by atoms with Crippen LogP contribution >= 0.6 is 0 Å². The zero-order valence-corrected chi connectivity index (χ0v) is 12.1. The summed E-state index contributed by atoms with van der Waals surface area (Å²) in [6.45, 7) is 4.97. The van der Waals surface area contributed by atoms with Crippen LogP contribution in [0.4, 0.5) is 23.3 Å². The van der Waals surface area contributed by atoms with Crippen LogP contribution in [0.3, 0.4) is 0 Å². The predicted octanol–water partition coefficient (Wildman–Crippen LogP) is 2.18. The number of nitrogens with two attached hydrogens (primary N) is 2. The molecular formula is C14H19N5O2. The van der Waals surface area contributed by atoms with E-state index in [0.717, 1.165) is 5.69 Å². The molecule has 2 rings (SSSR count). The number of ether oxygens (including phenoxy) is 2. The summed E-state index contributed by atoms with van der Waals surface area (Å²) in [5.41, 5.74) is 12.0. The lowest BCUT2D eigenvalue weighted by atomic mass is 10.2. The molecule has 0 aliphatic heterocycles. The van der Waals surface area contributed by atoms with E-state index in [4.69, 9.17) is 20.9 Å². The normalized spacial score (nSPS) is 10.2. The van der Waals surface area contributed by atoms with Crippen LogP contribution in [-0.2, 0) is 0 Å². The Hall–Kier alpha value is -2.70. The van der Waals surface area contributed by atoms with Gasteiger partial charge >= 0.3 is 0 Å². The van der Waals surface area contributed by atoms with Crippen LogP contribution in [0.5, 0.6) is 11.5 Å². The molecule has 0 spiro atoms. The average Bonchev–Trinajstić information content (AvgIpc) is 2.41. The first-order valence-corrected chi connectivity index (χ1v) is 6.69.